The lowest BCUT2D eigenvalue weighted by Crippen LogP contribution is -2.54. The molecule has 0 aromatic heterocycles. The largest absolute Gasteiger partial charge is 0.451 e. The van der Waals surface area contributed by atoms with E-state index in [1.165, 1.54) is 4.90 Å². The molecular formula is C23H30F6N6O2. The maximum Gasteiger partial charge on any atom is 0.451 e. The van der Waals surface area contributed by atoms with Gasteiger partial charge >= 0.3 is 6.18 Å². The van der Waals surface area contributed by atoms with Crippen LogP contribution in [0.4, 0.5) is 26.3 Å². The van der Waals surface area contributed by atoms with Crippen LogP contribution in [0, 0.1) is 23.4 Å². The molecule has 2 rings (SSSR count). The first-order valence-electron chi connectivity index (χ1n) is 11.5. The second-order valence-corrected chi connectivity index (χ2v) is 8.87. The summed E-state index contributed by atoms with van der Waals surface area (Å²) in [5, 5.41) is 5.36. The van der Waals surface area contributed by atoms with Gasteiger partial charge in [-0.05, 0) is 24.0 Å². The number of nitrogens with two attached hydrogens (primary N) is 2. The summed E-state index contributed by atoms with van der Waals surface area (Å²) in [4.78, 5) is 27.6. The van der Waals surface area contributed by atoms with Crippen molar-refractivity contribution in [1.82, 2.24) is 15.1 Å². The van der Waals surface area contributed by atoms with Crippen LogP contribution in [0.25, 0.3) is 0 Å². The summed E-state index contributed by atoms with van der Waals surface area (Å²) in [5.41, 5.74) is 5.58. The highest BCUT2D eigenvalue weighted by molar-refractivity contribution is 5.89. The van der Waals surface area contributed by atoms with Gasteiger partial charge in [-0.3, -0.25) is 9.59 Å². The summed E-state index contributed by atoms with van der Waals surface area (Å²) in [7, 11) is 0. The van der Waals surface area contributed by atoms with Gasteiger partial charge in [-0.1, -0.05) is 26.8 Å². The molecule has 1 saturated heterocycles. The van der Waals surface area contributed by atoms with Crippen molar-refractivity contribution in [2.75, 3.05) is 19.6 Å². The first-order chi connectivity index (χ1) is 17.2. The molecule has 14 heteroatoms. The van der Waals surface area contributed by atoms with Gasteiger partial charge in [-0.25, -0.2) is 13.2 Å². The molecule has 3 atom stereocenters. The van der Waals surface area contributed by atoms with Gasteiger partial charge in [0.05, 0.1) is 12.6 Å². The SMILES string of the molecule is C=C1CN(C(=O)CC(Cc2cc(F)c(F)cc2F)NC(=O)C(N)C(C)CC)CCN1/C(=N\N)C(F)(F)F. The molecule has 0 aliphatic carbocycles. The number of amidine groups is 1. The second-order valence-electron chi connectivity index (χ2n) is 8.87. The van der Waals surface area contributed by atoms with E-state index in [2.05, 4.69) is 17.0 Å². The first-order valence-corrected chi connectivity index (χ1v) is 11.5. The minimum absolute atomic E-state index is 0.0906. The molecule has 2 amide bonds. The molecule has 37 heavy (non-hydrogen) atoms. The fourth-order valence-corrected chi connectivity index (χ4v) is 3.84. The Hall–Kier alpha value is -3.29. The minimum Gasteiger partial charge on any atom is -0.351 e. The van der Waals surface area contributed by atoms with Gasteiger partial charge in [0, 0.05) is 37.3 Å². The standard InChI is InChI=1S/C23H30F6N6O2/c1-4-12(2)20(30)21(37)32-15(7-14-8-17(25)18(26)10-16(14)24)9-19(36)34-5-6-35(13(3)11-34)22(33-31)23(27,28)29/h8,10,12,15,20H,3-7,9,11,30-31H2,1-2H3,(H,32,37)/b33-22-. The number of alkyl halides is 3. The summed E-state index contributed by atoms with van der Waals surface area (Å²) >= 11 is 0. The Bertz CT molecular complexity index is 1050. The number of piperazine rings is 1. The zero-order valence-electron chi connectivity index (χ0n) is 20.4. The molecule has 8 nitrogen and oxygen atoms in total. The summed E-state index contributed by atoms with van der Waals surface area (Å²) in [6, 6.07) is -1.03. The lowest BCUT2D eigenvalue weighted by atomic mass is 9.97. The van der Waals surface area contributed by atoms with Gasteiger partial charge in [-0.15, -0.1) is 0 Å². The second kappa shape index (κ2) is 12.3. The number of amides is 2. The van der Waals surface area contributed by atoms with E-state index in [0.717, 1.165) is 4.90 Å². The van der Waals surface area contributed by atoms with E-state index in [1.54, 1.807) is 6.92 Å². The van der Waals surface area contributed by atoms with Crippen molar-refractivity contribution in [3.63, 3.8) is 0 Å². The molecule has 5 N–H and O–H groups in total. The van der Waals surface area contributed by atoms with E-state index in [-0.39, 0.29) is 43.2 Å². The number of carbonyl (C=O) groups excluding carboxylic acids is 2. The first kappa shape index (κ1) is 29.9. The third kappa shape index (κ3) is 7.60. The van der Waals surface area contributed by atoms with Crippen molar-refractivity contribution < 1.29 is 35.9 Å². The van der Waals surface area contributed by atoms with E-state index in [4.69, 9.17) is 11.6 Å². The normalized spacial score (nSPS) is 17.4. The fraction of sp³-hybridized carbons (Fsp3) is 0.522. The van der Waals surface area contributed by atoms with Crippen molar-refractivity contribution in [3.8, 4) is 0 Å². The average molecular weight is 537 g/mol. The van der Waals surface area contributed by atoms with Gasteiger partial charge in [0.1, 0.15) is 5.82 Å². The predicted molar refractivity (Wildman–Crippen MR) is 124 cm³/mol. The zero-order valence-corrected chi connectivity index (χ0v) is 20.4. The van der Waals surface area contributed by atoms with Crippen molar-refractivity contribution in [1.29, 1.82) is 0 Å². The van der Waals surface area contributed by atoms with Gasteiger partial charge in [0.25, 0.3) is 0 Å². The number of rotatable bonds is 8. The summed E-state index contributed by atoms with van der Waals surface area (Å²) < 4.78 is 80.9. The van der Waals surface area contributed by atoms with Crippen LogP contribution in [0.3, 0.4) is 0 Å². The number of halogens is 6. The predicted octanol–water partition coefficient (Wildman–Crippen LogP) is 2.39. The van der Waals surface area contributed by atoms with Crippen LogP contribution in [-0.4, -0.2) is 65.3 Å². The Labute approximate surface area is 210 Å². The maximum atomic E-state index is 14.3. The van der Waals surface area contributed by atoms with Crippen LogP contribution in [0.1, 0.15) is 32.3 Å². The van der Waals surface area contributed by atoms with Crippen LogP contribution in [-0.2, 0) is 16.0 Å². The number of hydrogen-bond donors (Lipinski definition) is 3. The van der Waals surface area contributed by atoms with E-state index in [0.29, 0.717) is 18.6 Å². The van der Waals surface area contributed by atoms with Crippen LogP contribution in [0.2, 0.25) is 0 Å². The summed E-state index contributed by atoms with van der Waals surface area (Å²) in [6.07, 6.45) is -5.04. The van der Waals surface area contributed by atoms with Gasteiger partial charge in [-0.2, -0.15) is 18.3 Å². The van der Waals surface area contributed by atoms with Crippen LogP contribution in [0.5, 0.6) is 0 Å². The van der Waals surface area contributed by atoms with Crippen LogP contribution in [0.15, 0.2) is 29.5 Å². The monoisotopic (exact) mass is 536 g/mol. The molecule has 1 heterocycles. The Morgan fingerprint density at radius 2 is 1.78 bits per heavy atom. The molecule has 206 valence electrons. The van der Waals surface area contributed by atoms with E-state index >= 15 is 0 Å². The molecule has 3 unspecified atom stereocenters. The highest BCUT2D eigenvalue weighted by atomic mass is 19.4. The van der Waals surface area contributed by atoms with Crippen molar-refractivity contribution in [2.24, 2.45) is 22.6 Å². The Morgan fingerprint density at radius 3 is 2.32 bits per heavy atom. The summed E-state index contributed by atoms with van der Waals surface area (Å²) in [5.74, 6) is -1.68. The Morgan fingerprint density at radius 1 is 1.16 bits per heavy atom. The van der Waals surface area contributed by atoms with Crippen molar-refractivity contribution in [2.45, 2.75) is 51.4 Å². The highest BCUT2D eigenvalue weighted by Crippen LogP contribution is 2.25. The third-order valence-corrected chi connectivity index (χ3v) is 6.22. The molecule has 1 aromatic rings. The number of benzene rings is 1. The van der Waals surface area contributed by atoms with Gasteiger partial charge in [0.15, 0.2) is 11.6 Å². The molecule has 0 bridgehead atoms. The van der Waals surface area contributed by atoms with E-state index < -0.39 is 59.8 Å². The van der Waals surface area contributed by atoms with E-state index in [1.807, 2.05) is 6.92 Å². The molecular weight excluding hydrogens is 506 g/mol. The number of carbonyl (C=O) groups is 2. The molecule has 0 saturated carbocycles. The van der Waals surface area contributed by atoms with Gasteiger partial charge < -0.3 is 26.7 Å². The Balaban J connectivity index is 2.20. The molecule has 0 radical (unpaired) electrons. The third-order valence-electron chi connectivity index (χ3n) is 6.22. The molecule has 1 aliphatic heterocycles. The number of hydrazone groups is 1. The number of nitrogens with one attached hydrogen (secondary N) is 1. The number of hydrogen-bond acceptors (Lipinski definition) is 5. The van der Waals surface area contributed by atoms with Crippen LogP contribution >= 0.6 is 0 Å². The number of nitrogens with zero attached hydrogens (tertiary/aromatic N) is 3. The molecule has 0 spiro atoms. The fourth-order valence-electron chi connectivity index (χ4n) is 3.84. The zero-order chi connectivity index (χ0) is 28.1. The molecule has 1 aliphatic rings. The summed E-state index contributed by atoms with van der Waals surface area (Å²) in [6.45, 7) is 6.39. The average Bonchev–Trinajstić information content (AvgIpc) is 2.81. The lowest BCUT2D eigenvalue weighted by molar-refractivity contribution is -0.132. The highest BCUT2D eigenvalue weighted by Gasteiger charge is 2.42. The van der Waals surface area contributed by atoms with Crippen LogP contribution < -0.4 is 16.9 Å². The topological polar surface area (TPSA) is 117 Å². The van der Waals surface area contributed by atoms with E-state index in [9.17, 15) is 35.9 Å². The van der Waals surface area contributed by atoms with Crippen molar-refractivity contribution >= 4 is 17.6 Å². The van der Waals surface area contributed by atoms with Crippen molar-refractivity contribution in [3.05, 3.63) is 47.4 Å². The quantitative estimate of drug-likeness (QED) is 0.118. The Kier molecular flexibility index (Phi) is 9.95. The smallest absolute Gasteiger partial charge is 0.351 e. The van der Waals surface area contributed by atoms with Gasteiger partial charge in [0.2, 0.25) is 17.6 Å². The molecule has 1 fully saturated rings. The maximum absolute atomic E-state index is 14.3. The lowest BCUT2D eigenvalue weighted by Gasteiger charge is -2.38. The molecule has 1 aromatic carbocycles. The minimum atomic E-state index is -4.83.